The molecule has 0 bridgehead atoms. The lowest BCUT2D eigenvalue weighted by atomic mass is 9.82. The molecule has 0 N–H and O–H groups in total. The zero-order chi connectivity index (χ0) is 40.0. The zero-order valence-electron chi connectivity index (χ0n) is 33.4. The van der Waals surface area contributed by atoms with Crippen molar-refractivity contribution in [1.82, 2.24) is 4.57 Å². The van der Waals surface area contributed by atoms with Gasteiger partial charge in [0.25, 0.3) is 0 Å². The van der Waals surface area contributed by atoms with E-state index >= 15 is 0 Å². The summed E-state index contributed by atoms with van der Waals surface area (Å²) in [5.74, 6) is 0. The molecule has 60 heavy (non-hydrogen) atoms. The van der Waals surface area contributed by atoms with Gasteiger partial charge in [0.05, 0.1) is 27.1 Å². The third kappa shape index (κ3) is 5.26. The van der Waals surface area contributed by atoms with Crippen LogP contribution in [0, 0.1) is 0 Å². The van der Waals surface area contributed by atoms with Crippen LogP contribution in [0.3, 0.4) is 0 Å². The Hall–Kier alpha value is -7.20. The number of fused-ring (bicyclic) bond motifs is 9. The molecular weight excluding hydrogens is 745 g/mol. The highest BCUT2D eigenvalue weighted by molar-refractivity contribution is 7.26. The predicted molar refractivity (Wildman–Crippen MR) is 257 cm³/mol. The number of benzene rings is 9. The molecule has 0 saturated heterocycles. The Bertz CT molecular complexity index is 3400. The number of hydrogen-bond donors (Lipinski definition) is 0. The van der Waals surface area contributed by atoms with Gasteiger partial charge in [-0.1, -0.05) is 166 Å². The number of aromatic nitrogens is 1. The van der Waals surface area contributed by atoms with E-state index < -0.39 is 0 Å². The van der Waals surface area contributed by atoms with Gasteiger partial charge in [-0.15, -0.1) is 11.3 Å². The lowest BCUT2D eigenvalue weighted by Crippen LogP contribution is -2.16. The molecular formula is C57H40N2S. The fourth-order valence-corrected chi connectivity index (χ4v) is 11.1. The molecule has 0 atom stereocenters. The standard InChI is InChI=1S/C57H40N2S/c1-57(2)49-20-8-3-15-43(49)44-35-34-41(36-50(44)57)58(54-24-13-19-48-47-18-7-12-25-55(47)60-56(48)54)40-32-30-38(31-33-40)37-26-28-39(29-27-37)42-14-4-9-21-51(42)59-52-22-10-5-16-45(52)46-17-6-11-23-53(46)59/h3-36H,1-2H3. The van der Waals surface area contributed by atoms with Crippen LogP contribution in [0.15, 0.2) is 206 Å². The first-order valence-electron chi connectivity index (χ1n) is 20.8. The average Bonchev–Trinajstić information content (AvgIpc) is 3.93. The molecule has 0 amide bonds. The smallest absolute Gasteiger partial charge is 0.0640 e. The normalized spacial score (nSPS) is 13.0. The number of thiophene rings is 1. The van der Waals surface area contributed by atoms with E-state index in [0.29, 0.717) is 0 Å². The molecule has 9 aromatic carbocycles. The summed E-state index contributed by atoms with van der Waals surface area (Å²) in [4.78, 5) is 2.47. The molecule has 1 aliphatic carbocycles. The Labute approximate surface area is 353 Å². The summed E-state index contributed by atoms with van der Waals surface area (Å²) in [6.45, 7) is 4.73. The van der Waals surface area contributed by atoms with E-state index in [0.717, 1.165) is 5.69 Å². The van der Waals surface area contributed by atoms with Crippen molar-refractivity contribution >= 4 is 70.4 Å². The second kappa shape index (κ2) is 13.4. The Morgan fingerprint density at radius 3 is 1.72 bits per heavy atom. The van der Waals surface area contributed by atoms with Gasteiger partial charge in [-0.05, 0) is 93.5 Å². The van der Waals surface area contributed by atoms with Crippen LogP contribution >= 0.6 is 11.3 Å². The van der Waals surface area contributed by atoms with Crippen LogP contribution < -0.4 is 4.90 Å². The van der Waals surface area contributed by atoms with E-state index in [9.17, 15) is 0 Å². The monoisotopic (exact) mass is 784 g/mol. The molecule has 12 rings (SSSR count). The molecule has 0 saturated carbocycles. The molecule has 0 aliphatic heterocycles. The number of rotatable bonds is 6. The molecule has 2 heterocycles. The summed E-state index contributed by atoms with van der Waals surface area (Å²) in [6.07, 6.45) is 0. The average molecular weight is 785 g/mol. The van der Waals surface area contributed by atoms with Crippen molar-refractivity contribution in [1.29, 1.82) is 0 Å². The fourth-order valence-electron chi connectivity index (χ4n) is 9.91. The van der Waals surface area contributed by atoms with Crippen LogP contribution in [-0.2, 0) is 5.41 Å². The third-order valence-corrected chi connectivity index (χ3v) is 14.0. The van der Waals surface area contributed by atoms with E-state index in [1.54, 1.807) is 0 Å². The van der Waals surface area contributed by atoms with Crippen molar-refractivity contribution in [3.8, 4) is 39.1 Å². The van der Waals surface area contributed by atoms with Crippen LogP contribution in [-0.4, -0.2) is 4.57 Å². The van der Waals surface area contributed by atoms with E-state index in [1.165, 1.54) is 104 Å². The van der Waals surface area contributed by atoms with Gasteiger partial charge in [0.2, 0.25) is 0 Å². The van der Waals surface area contributed by atoms with Crippen molar-refractivity contribution in [2.75, 3.05) is 4.90 Å². The summed E-state index contributed by atoms with van der Waals surface area (Å²) in [7, 11) is 0. The fraction of sp³-hybridized carbons (Fsp3) is 0.0526. The van der Waals surface area contributed by atoms with Gasteiger partial charge >= 0.3 is 0 Å². The van der Waals surface area contributed by atoms with E-state index in [2.05, 4.69) is 230 Å². The minimum atomic E-state index is -0.1000. The van der Waals surface area contributed by atoms with Crippen molar-refractivity contribution < 1.29 is 0 Å². The van der Waals surface area contributed by atoms with E-state index in [4.69, 9.17) is 0 Å². The molecule has 2 nitrogen and oxygen atoms in total. The Morgan fingerprint density at radius 1 is 0.417 bits per heavy atom. The Kier molecular flexibility index (Phi) is 7.79. The minimum absolute atomic E-state index is 0.1000. The summed E-state index contributed by atoms with van der Waals surface area (Å²) in [5, 5.41) is 5.14. The van der Waals surface area contributed by atoms with Gasteiger partial charge in [0.1, 0.15) is 0 Å². The predicted octanol–water partition coefficient (Wildman–Crippen LogP) is 16.3. The first kappa shape index (κ1) is 34.8. The quantitative estimate of drug-likeness (QED) is 0.163. The highest BCUT2D eigenvalue weighted by Crippen LogP contribution is 2.52. The number of para-hydroxylation sites is 3. The molecule has 3 heteroatoms. The molecule has 0 unspecified atom stereocenters. The van der Waals surface area contributed by atoms with Crippen molar-refractivity contribution in [2.24, 2.45) is 0 Å². The largest absolute Gasteiger partial charge is 0.309 e. The van der Waals surface area contributed by atoms with Crippen molar-refractivity contribution in [3.63, 3.8) is 0 Å². The zero-order valence-corrected chi connectivity index (χ0v) is 34.2. The third-order valence-electron chi connectivity index (χ3n) is 12.8. The summed E-state index contributed by atoms with van der Waals surface area (Å²) in [5.41, 5.74) is 17.2. The number of nitrogens with zero attached hydrogens (tertiary/aromatic N) is 2. The summed E-state index contributed by atoms with van der Waals surface area (Å²) < 4.78 is 5.02. The minimum Gasteiger partial charge on any atom is -0.309 e. The van der Waals surface area contributed by atoms with Crippen molar-refractivity contribution in [3.05, 3.63) is 217 Å². The maximum Gasteiger partial charge on any atom is 0.0640 e. The maximum atomic E-state index is 2.47. The van der Waals surface area contributed by atoms with Gasteiger partial charge in [-0.3, -0.25) is 0 Å². The maximum absolute atomic E-state index is 2.47. The molecule has 1 aliphatic rings. The van der Waals surface area contributed by atoms with E-state index in [-0.39, 0.29) is 5.41 Å². The van der Waals surface area contributed by atoms with Crippen molar-refractivity contribution in [2.45, 2.75) is 19.3 Å². The SMILES string of the molecule is CC1(C)c2ccccc2-c2ccc(N(c3ccc(-c4ccc(-c5ccccc5-n5c6ccccc6c6ccccc65)cc4)cc3)c3cccc4c3sc3ccccc34)cc21. The summed E-state index contributed by atoms with van der Waals surface area (Å²) >= 11 is 1.88. The first-order chi connectivity index (χ1) is 29.5. The first-order valence-corrected chi connectivity index (χ1v) is 21.6. The molecule has 0 radical (unpaired) electrons. The van der Waals surface area contributed by atoms with Crippen LogP contribution in [0.2, 0.25) is 0 Å². The second-order valence-corrected chi connectivity index (χ2v) is 17.6. The highest BCUT2D eigenvalue weighted by atomic mass is 32.1. The van der Waals surface area contributed by atoms with Gasteiger partial charge in [-0.25, -0.2) is 0 Å². The van der Waals surface area contributed by atoms with Crippen LogP contribution in [0.5, 0.6) is 0 Å². The summed E-state index contributed by atoms with van der Waals surface area (Å²) in [6, 6.07) is 76.0. The molecule has 2 aromatic heterocycles. The van der Waals surface area contributed by atoms with Gasteiger partial charge < -0.3 is 9.47 Å². The van der Waals surface area contributed by atoms with Crippen LogP contribution in [0.1, 0.15) is 25.0 Å². The topological polar surface area (TPSA) is 8.17 Å². The Morgan fingerprint density at radius 2 is 0.967 bits per heavy atom. The number of anilines is 3. The van der Waals surface area contributed by atoms with Crippen LogP contribution in [0.4, 0.5) is 17.1 Å². The molecule has 0 fully saturated rings. The number of hydrogen-bond acceptors (Lipinski definition) is 2. The Balaban J connectivity index is 0.941. The lowest BCUT2D eigenvalue weighted by molar-refractivity contribution is 0.660. The van der Waals surface area contributed by atoms with Gasteiger partial charge in [-0.2, -0.15) is 0 Å². The molecule has 11 aromatic rings. The van der Waals surface area contributed by atoms with Gasteiger partial charge in [0.15, 0.2) is 0 Å². The molecule has 0 spiro atoms. The van der Waals surface area contributed by atoms with Crippen LogP contribution in [0.25, 0.3) is 81.0 Å². The second-order valence-electron chi connectivity index (χ2n) is 16.5. The highest BCUT2D eigenvalue weighted by Gasteiger charge is 2.36. The van der Waals surface area contributed by atoms with Gasteiger partial charge in [0, 0.05) is 48.6 Å². The lowest BCUT2D eigenvalue weighted by Gasteiger charge is -2.28. The molecule has 284 valence electrons. The van der Waals surface area contributed by atoms with E-state index in [1.807, 2.05) is 11.3 Å².